The van der Waals surface area contributed by atoms with Crippen molar-refractivity contribution in [3.05, 3.63) is 18.0 Å². The first kappa shape index (κ1) is 16.2. The largest absolute Gasteiger partial charge is 0.481 e. The minimum Gasteiger partial charge on any atom is -0.481 e. The first-order valence-corrected chi connectivity index (χ1v) is 6.34. The van der Waals surface area contributed by atoms with Crippen molar-refractivity contribution < 1.29 is 19.4 Å². The van der Waals surface area contributed by atoms with E-state index in [0.717, 1.165) is 5.56 Å². The number of nitrogens with zero attached hydrogens (tertiary/aromatic N) is 2. The van der Waals surface area contributed by atoms with Gasteiger partial charge in [0.15, 0.2) is 0 Å². The molecule has 2 N–H and O–H groups in total. The molecule has 1 rings (SSSR count). The number of rotatable bonds is 8. The number of carboxylic acids is 1. The summed E-state index contributed by atoms with van der Waals surface area (Å²) in [6, 6.07) is 0. The molecule has 20 heavy (non-hydrogen) atoms. The van der Waals surface area contributed by atoms with E-state index in [2.05, 4.69) is 10.4 Å². The monoisotopic (exact) mass is 283 g/mol. The number of aryl methyl sites for hydroxylation is 2. The van der Waals surface area contributed by atoms with Gasteiger partial charge in [0.25, 0.3) is 0 Å². The van der Waals surface area contributed by atoms with Crippen LogP contribution in [0.2, 0.25) is 0 Å². The molecule has 7 heteroatoms. The number of methoxy groups -OCH3 is 1. The fraction of sp³-hybridized carbons (Fsp3) is 0.615. The molecule has 0 aliphatic carbocycles. The van der Waals surface area contributed by atoms with E-state index < -0.39 is 11.5 Å². The van der Waals surface area contributed by atoms with Crippen molar-refractivity contribution in [3.8, 4) is 0 Å². The minimum atomic E-state index is -0.975. The van der Waals surface area contributed by atoms with Gasteiger partial charge < -0.3 is 15.2 Å². The number of carboxylic acid groups (broad SMARTS) is 1. The fourth-order valence-electron chi connectivity index (χ4n) is 2.04. The summed E-state index contributed by atoms with van der Waals surface area (Å²) in [5.74, 6) is -1.17. The predicted octanol–water partition coefficient (Wildman–Crippen LogP) is 0.349. The Morgan fingerprint density at radius 2 is 2.25 bits per heavy atom. The van der Waals surface area contributed by atoms with Crippen LogP contribution in [0.4, 0.5) is 0 Å². The highest BCUT2D eigenvalue weighted by molar-refractivity contribution is 5.78. The number of aromatic nitrogens is 2. The topological polar surface area (TPSA) is 93.4 Å². The average molecular weight is 283 g/mol. The van der Waals surface area contributed by atoms with Crippen molar-refractivity contribution in [1.29, 1.82) is 0 Å². The standard InChI is InChI=1S/C13H21N3O4/c1-13(9-20-3,6-12(18)19)15-11(17)5-4-10-7-14-16(2)8-10/h7-8H,4-6,9H2,1-3H3,(H,15,17)(H,18,19). The molecule has 0 aliphatic rings. The van der Waals surface area contributed by atoms with Crippen LogP contribution in [-0.4, -0.2) is 46.0 Å². The number of hydrogen-bond donors (Lipinski definition) is 2. The third-order valence-electron chi connectivity index (χ3n) is 2.84. The zero-order valence-corrected chi connectivity index (χ0v) is 12.0. The van der Waals surface area contributed by atoms with E-state index in [1.165, 1.54) is 7.11 Å². The molecule has 0 bridgehead atoms. The van der Waals surface area contributed by atoms with E-state index >= 15 is 0 Å². The molecule has 0 saturated heterocycles. The highest BCUT2D eigenvalue weighted by atomic mass is 16.5. The summed E-state index contributed by atoms with van der Waals surface area (Å²) < 4.78 is 6.66. The Bertz CT molecular complexity index is 472. The smallest absolute Gasteiger partial charge is 0.305 e. The van der Waals surface area contributed by atoms with Crippen LogP contribution in [0.25, 0.3) is 0 Å². The summed E-state index contributed by atoms with van der Waals surface area (Å²) in [6.07, 6.45) is 4.22. The SMILES string of the molecule is COCC(C)(CC(=O)O)NC(=O)CCc1cnn(C)c1. The molecule has 1 aromatic rings. The molecule has 1 heterocycles. The van der Waals surface area contributed by atoms with Gasteiger partial charge in [0.2, 0.25) is 5.91 Å². The summed E-state index contributed by atoms with van der Waals surface area (Å²) in [6.45, 7) is 1.81. The zero-order chi connectivity index (χ0) is 15.2. The zero-order valence-electron chi connectivity index (χ0n) is 12.0. The van der Waals surface area contributed by atoms with Crippen LogP contribution >= 0.6 is 0 Å². The van der Waals surface area contributed by atoms with Crippen molar-refractivity contribution in [2.75, 3.05) is 13.7 Å². The fourth-order valence-corrected chi connectivity index (χ4v) is 2.04. The van der Waals surface area contributed by atoms with Gasteiger partial charge in [-0.25, -0.2) is 0 Å². The molecular weight excluding hydrogens is 262 g/mol. The normalized spacial score (nSPS) is 13.8. The highest BCUT2D eigenvalue weighted by Gasteiger charge is 2.29. The lowest BCUT2D eigenvalue weighted by Gasteiger charge is -2.28. The second-order valence-electron chi connectivity index (χ2n) is 5.13. The highest BCUT2D eigenvalue weighted by Crippen LogP contribution is 2.11. The third-order valence-corrected chi connectivity index (χ3v) is 2.84. The number of hydrogen-bond acceptors (Lipinski definition) is 4. The lowest BCUT2D eigenvalue weighted by Crippen LogP contribution is -2.50. The maximum Gasteiger partial charge on any atom is 0.305 e. The Morgan fingerprint density at radius 3 is 2.75 bits per heavy atom. The average Bonchev–Trinajstić information content (AvgIpc) is 2.71. The summed E-state index contributed by atoms with van der Waals surface area (Å²) in [7, 11) is 3.29. The van der Waals surface area contributed by atoms with Gasteiger partial charge in [-0.05, 0) is 18.9 Å². The Hall–Kier alpha value is -1.89. The maximum atomic E-state index is 11.9. The van der Waals surface area contributed by atoms with Crippen molar-refractivity contribution >= 4 is 11.9 Å². The van der Waals surface area contributed by atoms with Crippen LogP contribution in [0.5, 0.6) is 0 Å². The van der Waals surface area contributed by atoms with Crippen LogP contribution in [-0.2, 0) is 27.8 Å². The number of carbonyl (C=O) groups excluding carboxylic acids is 1. The number of ether oxygens (including phenoxy) is 1. The van der Waals surface area contributed by atoms with E-state index in [-0.39, 0.29) is 25.4 Å². The van der Waals surface area contributed by atoms with E-state index in [4.69, 9.17) is 9.84 Å². The molecule has 0 radical (unpaired) electrons. The number of aliphatic carboxylic acids is 1. The summed E-state index contributed by atoms with van der Waals surface area (Å²) in [5.41, 5.74) is 0.0707. The van der Waals surface area contributed by atoms with E-state index in [1.807, 2.05) is 13.2 Å². The van der Waals surface area contributed by atoms with Gasteiger partial charge in [-0.1, -0.05) is 0 Å². The number of nitrogens with one attached hydrogen (secondary N) is 1. The van der Waals surface area contributed by atoms with E-state index in [1.54, 1.807) is 17.8 Å². The first-order chi connectivity index (χ1) is 9.34. The van der Waals surface area contributed by atoms with Gasteiger partial charge in [-0.2, -0.15) is 5.10 Å². The van der Waals surface area contributed by atoms with E-state index in [0.29, 0.717) is 6.42 Å². The van der Waals surface area contributed by atoms with Crippen LogP contribution in [0, 0.1) is 0 Å². The molecule has 0 spiro atoms. The Balaban J connectivity index is 2.51. The van der Waals surface area contributed by atoms with Gasteiger partial charge in [0.1, 0.15) is 0 Å². The van der Waals surface area contributed by atoms with Gasteiger partial charge >= 0.3 is 5.97 Å². The molecule has 112 valence electrons. The molecule has 1 aromatic heterocycles. The maximum absolute atomic E-state index is 11.9. The van der Waals surface area contributed by atoms with Gasteiger partial charge in [0.05, 0.1) is 24.8 Å². The number of carbonyl (C=O) groups is 2. The van der Waals surface area contributed by atoms with Crippen molar-refractivity contribution in [2.24, 2.45) is 7.05 Å². The summed E-state index contributed by atoms with van der Waals surface area (Å²) in [5, 5.41) is 15.6. The molecular formula is C13H21N3O4. The molecule has 0 fully saturated rings. The van der Waals surface area contributed by atoms with Crippen LogP contribution in [0.1, 0.15) is 25.3 Å². The molecule has 1 amide bonds. The molecule has 0 aliphatic heterocycles. The number of amides is 1. The van der Waals surface area contributed by atoms with E-state index in [9.17, 15) is 9.59 Å². The molecule has 1 atom stereocenters. The lowest BCUT2D eigenvalue weighted by molar-refractivity contribution is -0.139. The Kier molecular flexibility index (Phi) is 5.69. The van der Waals surface area contributed by atoms with Gasteiger partial charge in [-0.15, -0.1) is 0 Å². The molecule has 0 aromatic carbocycles. The Labute approximate surface area is 117 Å². The molecule has 0 saturated carbocycles. The van der Waals surface area contributed by atoms with Crippen LogP contribution in [0.15, 0.2) is 12.4 Å². The first-order valence-electron chi connectivity index (χ1n) is 6.34. The summed E-state index contributed by atoms with van der Waals surface area (Å²) >= 11 is 0. The molecule has 1 unspecified atom stereocenters. The lowest BCUT2D eigenvalue weighted by atomic mass is 9.98. The van der Waals surface area contributed by atoms with Crippen molar-refractivity contribution in [2.45, 2.75) is 31.7 Å². The summed E-state index contributed by atoms with van der Waals surface area (Å²) in [4.78, 5) is 22.7. The van der Waals surface area contributed by atoms with Gasteiger partial charge in [0, 0.05) is 26.8 Å². The van der Waals surface area contributed by atoms with Crippen molar-refractivity contribution in [3.63, 3.8) is 0 Å². The van der Waals surface area contributed by atoms with Crippen LogP contribution in [0.3, 0.4) is 0 Å². The second-order valence-corrected chi connectivity index (χ2v) is 5.13. The molecule has 7 nitrogen and oxygen atoms in total. The van der Waals surface area contributed by atoms with Gasteiger partial charge in [-0.3, -0.25) is 14.3 Å². The third kappa shape index (κ3) is 5.40. The van der Waals surface area contributed by atoms with Crippen LogP contribution < -0.4 is 5.32 Å². The predicted molar refractivity (Wildman–Crippen MR) is 72.2 cm³/mol. The minimum absolute atomic E-state index is 0.151. The second kappa shape index (κ2) is 7.04. The van der Waals surface area contributed by atoms with Crippen molar-refractivity contribution in [1.82, 2.24) is 15.1 Å². The quantitative estimate of drug-likeness (QED) is 0.718. The Morgan fingerprint density at radius 1 is 1.55 bits per heavy atom.